The molecule has 98 valence electrons. The summed E-state index contributed by atoms with van der Waals surface area (Å²) in [5.74, 6) is 1.15. The summed E-state index contributed by atoms with van der Waals surface area (Å²) < 4.78 is 5.32. The first-order valence-electron chi connectivity index (χ1n) is 6.30. The highest BCUT2D eigenvalue weighted by atomic mass is 16.5. The number of methoxy groups -OCH3 is 1. The maximum atomic E-state index is 11.4. The standard InChI is InChI=1S/C14H20N2O2/c1-16-10-12(7-8-14(16)17)15-9-11-5-3-4-6-13(11)18-2/h3-6,12,15H,7-10H2,1-2H3. The zero-order valence-corrected chi connectivity index (χ0v) is 11.0. The van der Waals surface area contributed by atoms with Crippen LogP contribution < -0.4 is 10.1 Å². The monoisotopic (exact) mass is 248 g/mol. The maximum Gasteiger partial charge on any atom is 0.222 e. The molecule has 1 N–H and O–H groups in total. The summed E-state index contributed by atoms with van der Waals surface area (Å²) in [6.07, 6.45) is 1.55. The fourth-order valence-corrected chi connectivity index (χ4v) is 2.28. The van der Waals surface area contributed by atoms with Gasteiger partial charge in [0.1, 0.15) is 5.75 Å². The Labute approximate surface area is 108 Å². The zero-order valence-electron chi connectivity index (χ0n) is 11.0. The quantitative estimate of drug-likeness (QED) is 0.876. The normalized spacial score (nSPS) is 20.0. The van der Waals surface area contributed by atoms with Gasteiger partial charge >= 0.3 is 0 Å². The first-order valence-corrected chi connectivity index (χ1v) is 6.30. The highest BCUT2D eigenvalue weighted by Gasteiger charge is 2.22. The lowest BCUT2D eigenvalue weighted by atomic mass is 10.1. The molecule has 1 aliphatic heterocycles. The van der Waals surface area contributed by atoms with E-state index in [2.05, 4.69) is 11.4 Å². The lowest BCUT2D eigenvalue weighted by Crippen LogP contribution is -2.46. The summed E-state index contributed by atoms with van der Waals surface area (Å²) in [5.41, 5.74) is 1.15. The topological polar surface area (TPSA) is 41.6 Å². The highest BCUT2D eigenvalue weighted by molar-refractivity contribution is 5.76. The summed E-state index contributed by atoms with van der Waals surface area (Å²) in [7, 11) is 3.55. The third kappa shape index (κ3) is 3.01. The van der Waals surface area contributed by atoms with Crippen LogP contribution >= 0.6 is 0 Å². The van der Waals surface area contributed by atoms with Crippen molar-refractivity contribution in [3.8, 4) is 5.75 Å². The number of nitrogens with one attached hydrogen (secondary N) is 1. The van der Waals surface area contributed by atoms with E-state index < -0.39 is 0 Å². The molecule has 0 bridgehead atoms. The Morgan fingerprint density at radius 2 is 2.22 bits per heavy atom. The van der Waals surface area contributed by atoms with Crippen LogP contribution in [0.3, 0.4) is 0 Å². The molecule has 1 aromatic rings. The Morgan fingerprint density at radius 1 is 1.44 bits per heavy atom. The summed E-state index contributed by atoms with van der Waals surface area (Å²) in [5, 5.41) is 3.49. The van der Waals surface area contributed by atoms with Crippen LogP contribution in [0.15, 0.2) is 24.3 Å². The molecule has 18 heavy (non-hydrogen) atoms. The van der Waals surface area contributed by atoms with E-state index in [1.54, 1.807) is 12.0 Å². The van der Waals surface area contributed by atoms with Crippen LogP contribution in [0, 0.1) is 0 Å². The number of benzene rings is 1. The maximum absolute atomic E-state index is 11.4. The first kappa shape index (κ1) is 12.9. The molecule has 1 saturated heterocycles. The minimum atomic E-state index is 0.241. The number of carbonyl (C=O) groups excluding carboxylic acids is 1. The molecule has 1 aromatic carbocycles. The number of nitrogens with zero attached hydrogens (tertiary/aromatic N) is 1. The van der Waals surface area contributed by atoms with Crippen molar-refractivity contribution in [2.24, 2.45) is 0 Å². The summed E-state index contributed by atoms with van der Waals surface area (Å²) in [6.45, 7) is 1.56. The second-order valence-electron chi connectivity index (χ2n) is 4.70. The predicted molar refractivity (Wildman–Crippen MR) is 70.5 cm³/mol. The average Bonchev–Trinajstić information content (AvgIpc) is 2.40. The fraction of sp³-hybridized carbons (Fsp3) is 0.500. The third-order valence-corrected chi connectivity index (χ3v) is 3.40. The number of piperidine rings is 1. The number of amides is 1. The van der Waals surface area contributed by atoms with Gasteiger partial charge in [0.2, 0.25) is 5.91 Å². The van der Waals surface area contributed by atoms with Gasteiger partial charge in [0.25, 0.3) is 0 Å². The molecule has 0 aliphatic carbocycles. The van der Waals surface area contributed by atoms with Gasteiger partial charge in [-0.1, -0.05) is 18.2 Å². The largest absolute Gasteiger partial charge is 0.496 e. The molecular weight excluding hydrogens is 228 g/mol. The van der Waals surface area contributed by atoms with Crippen LogP contribution in [0.1, 0.15) is 18.4 Å². The number of ether oxygens (including phenoxy) is 1. The molecular formula is C14H20N2O2. The molecule has 0 saturated carbocycles. The van der Waals surface area contributed by atoms with Gasteiger partial charge in [-0.15, -0.1) is 0 Å². The molecule has 0 radical (unpaired) electrons. The minimum absolute atomic E-state index is 0.241. The van der Waals surface area contributed by atoms with Gasteiger partial charge in [-0.3, -0.25) is 4.79 Å². The van der Waals surface area contributed by atoms with E-state index in [9.17, 15) is 4.79 Å². The van der Waals surface area contributed by atoms with Gasteiger partial charge in [0, 0.05) is 38.2 Å². The smallest absolute Gasteiger partial charge is 0.222 e. The van der Waals surface area contributed by atoms with Crippen molar-refractivity contribution in [2.75, 3.05) is 20.7 Å². The molecule has 1 unspecified atom stereocenters. The Morgan fingerprint density at radius 3 is 2.94 bits per heavy atom. The van der Waals surface area contributed by atoms with Crippen molar-refractivity contribution in [1.29, 1.82) is 0 Å². The van der Waals surface area contributed by atoms with E-state index >= 15 is 0 Å². The van der Waals surface area contributed by atoms with Crippen molar-refractivity contribution >= 4 is 5.91 Å². The zero-order chi connectivity index (χ0) is 13.0. The number of likely N-dealkylation sites (tertiary alicyclic amines) is 1. The van der Waals surface area contributed by atoms with E-state index in [1.807, 2.05) is 25.2 Å². The molecule has 1 amide bonds. The second kappa shape index (κ2) is 5.87. The van der Waals surface area contributed by atoms with Crippen molar-refractivity contribution in [2.45, 2.75) is 25.4 Å². The molecule has 0 spiro atoms. The van der Waals surface area contributed by atoms with E-state index in [4.69, 9.17) is 4.74 Å². The number of likely N-dealkylation sites (N-methyl/N-ethyl adjacent to an activating group) is 1. The van der Waals surface area contributed by atoms with Crippen molar-refractivity contribution < 1.29 is 9.53 Å². The number of carbonyl (C=O) groups is 1. The summed E-state index contributed by atoms with van der Waals surface area (Å²) in [4.78, 5) is 13.2. The van der Waals surface area contributed by atoms with Gasteiger partial charge in [0.15, 0.2) is 0 Å². The van der Waals surface area contributed by atoms with E-state index in [1.165, 1.54) is 0 Å². The van der Waals surface area contributed by atoms with Crippen LogP contribution in [0.5, 0.6) is 5.75 Å². The average molecular weight is 248 g/mol. The third-order valence-electron chi connectivity index (χ3n) is 3.40. The van der Waals surface area contributed by atoms with Crippen LogP contribution in [-0.4, -0.2) is 37.6 Å². The van der Waals surface area contributed by atoms with Crippen LogP contribution in [0.4, 0.5) is 0 Å². The second-order valence-corrected chi connectivity index (χ2v) is 4.70. The Kier molecular flexibility index (Phi) is 4.20. The van der Waals surface area contributed by atoms with Crippen molar-refractivity contribution in [3.05, 3.63) is 29.8 Å². The van der Waals surface area contributed by atoms with Crippen molar-refractivity contribution in [3.63, 3.8) is 0 Å². The lowest BCUT2D eigenvalue weighted by molar-refractivity contribution is -0.132. The molecule has 1 atom stereocenters. The van der Waals surface area contributed by atoms with Crippen molar-refractivity contribution in [1.82, 2.24) is 10.2 Å². The van der Waals surface area contributed by atoms with Crippen LogP contribution in [-0.2, 0) is 11.3 Å². The molecule has 4 heteroatoms. The fourth-order valence-electron chi connectivity index (χ4n) is 2.28. The summed E-state index contributed by atoms with van der Waals surface area (Å²) >= 11 is 0. The number of hydrogen-bond donors (Lipinski definition) is 1. The van der Waals surface area contributed by atoms with Crippen LogP contribution in [0.2, 0.25) is 0 Å². The molecule has 0 aromatic heterocycles. The van der Waals surface area contributed by atoms with Gasteiger partial charge in [-0.2, -0.15) is 0 Å². The molecule has 1 aliphatic rings. The Balaban J connectivity index is 1.90. The van der Waals surface area contributed by atoms with Gasteiger partial charge in [0.05, 0.1) is 7.11 Å². The van der Waals surface area contributed by atoms with Crippen LogP contribution in [0.25, 0.3) is 0 Å². The van der Waals surface area contributed by atoms with Gasteiger partial charge in [-0.25, -0.2) is 0 Å². The van der Waals surface area contributed by atoms with E-state index in [0.717, 1.165) is 30.8 Å². The highest BCUT2D eigenvalue weighted by Crippen LogP contribution is 2.18. The molecule has 2 rings (SSSR count). The summed E-state index contributed by atoms with van der Waals surface area (Å²) in [6, 6.07) is 8.38. The van der Waals surface area contributed by atoms with E-state index in [-0.39, 0.29) is 5.91 Å². The SMILES string of the molecule is COc1ccccc1CNC1CCC(=O)N(C)C1. The number of para-hydroxylation sites is 1. The first-order chi connectivity index (χ1) is 8.70. The molecule has 1 fully saturated rings. The predicted octanol–water partition coefficient (Wildman–Crippen LogP) is 1.41. The molecule has 4 nitrogen and oxygen atoms in total. The van der Waals surface area contributed by atoms with E-state index in [0.29, 0.717) is 12.5 Å². The Hall–Kier alpha value is -1.55. The van der Waals surface area contributed by atoms with Gasteiger partial charge in [-0.05, 0) is 12.5 Å². The lowest BCUT2D eigenvalue weighted by Gasteiger charge is -2.30. The van der Waals surface area contributed by atoms with Gasteiger partial charge < -0.3 is 15.0 Å². The molecule has 1 heterocycles. The minimum Gasteiger partial charge on any atom is -0.496 e. The number of rotatable bonds is 4. The number of hydrogen-bond acceptors (Lipinski definition) is 3. The Bertz CT molecular complexity index is 420.